The topological polar surface area (TPSA) is 85.9 Å². The Kier molecular flexibility index (Phi) is 7.20. The molecule has 142 valence electrons. The van der Waals surface area contributed by atoms with Gasteiger partial charge in [-0.05, 0) is 24.0 Å². The second-order valence-corrected chi connectivity index (χ2v) is 6.95. The summed E-state index contributed by atoms with van der Waals surface area (Å²) < 4.78 is 16.0. The summed E-state index contributed by atoms with van der Waals surface area (Å²) in [4.78, 5) is 24.6. The zero-order chi connectivity index (χ0) is 19.1. The molecule has 1 aliphatic heterocycles. The predicted molar refractivity (Wildman–Crippen MR) is 101 cm³/mol. The maximum absolute atomic E-state index is 12.7. The van der Waals surface area contributed by atoms with E-state index in [0.717, 1.165) is 5.75 Å². The lowest BCUT2D eigenvalue weighted by molar-refractivity contribution is -0.147. The second-order valence-electron chi connectivity index (χ2n) is 5.55. The molecule has 1 heterocycles. The van der Waals surface area contributed by atoms with Crippen LogP contribution in [0.2, 0.25) is 0 Å². The number of esters is 1. The van der Waals surface area contributed by atoms with Crippen LogP contribution in [-0.4, -0.2) is 44.3 Å². The van der Waals surface area contributed by atoms with E-state index < -0.39 is 24.0 Å². The fourth-order valence-electron chi connectivity index (χ4n) is 2.74. The van der Waals surface area contributed by atoms with Crippen molar-refractivity contribution in [3.63, 3.8) is 0 Å². The van der Waals surface area contributed by atoms with Crippen LogP contribution in [0, 0.1) is 5.92 Å². The molecule has 0 saturated carbocycles. The number of hydrogen-bond donors (Lipinski definition) is 2. The third-order valence-corrected chi connectivity index (χ3v) is 4.84. The molecule has 1 aromatic carbocycles. The van der Waals surface area contributed by atoms with Crippen LogP contribution in [0.15, 0.2) is 30.5 Å². The Balaban J connectivity index is 2.31. The van der Waals surface area contributed by atoms with Gasteiger partial charge < -0.3 is 24.8 Å². The smallest absolute Gasteiger partial charge is 0.319 e. The molecule has 1 saturated heterocycles. The number of nitrogens with one attached hydrogen (secondary N) is 2. The van der Waals surface area contributed by atoms with Crippen LogP contribution in [0.5, 0.6) is 11.5 Å². The first-order valence-corrected chi connectivity index (χ1v) is 9.39. The Morgan fingerprint density at radius 1 is 1.31 bits per heavy atom. The molecule has 2 amide bonds. The highest BCUT2D eigenvalue weighted by molar-refractivity contribution is 7.99. The Morgan fingerprint density at radius 2 is 2.08 bits per heavy atom. The normalized spacial score (nSPS) is 19.3. The summed E-state index contributed by atoms with van der Waals surface area (Å²) >= 11 is 1.68. The first kappa shape index (κ1) is 20.0. The summed E-state index contributed by atoms with van der Waals surface area (Å²) in [6.07, 6.45) is 0. The Hall–Kier alpha value is -2.35. The Morgan fingerprint density at radius 3 is 2.73 bits per heavy atom. The van der Waals surface area contributed by atoms with E-state index in [4.69, 9.17) is 14.2 Å². The van der Waals surface area contributed by atoms with Crippen molar-refractivity contribution in [3.05, 3.63) is 36.0 Å². The van der Waals surface area contributed by atoms with Crippen LogP contribution < -0.4 is 20.1 Å². The maximum Gasteiger partial charge on any atom is 0.319 e. The molecule has 0 radical (unpaired) electrons. The van der Waals surface area contributed by atoms with E-state index in [1.807, 2.05) is 6.92 Å². The van der Waals surface area contributed by atoms with Gasteiger partial charge in [0.15, 0.2) is 0 Å². The minimum absolute atomic E-state index is 0.289. The SMILES string of the molecule is C=C1NC(=O)N[C@@H](c2cc(OC)ccc2OC)[C@@H]1C(=O)OCCSCC. The number of urea groups is 1. The highest BCUT2D eigenvalue weighted by atomic mass is 32.2. The quantitative estimate of drug-likeness (QED) is 0.532. The summed E-state index contributed by atoms with van der Waals surface area (Å²) in [5.41, 5.74) is 0.907. The van der Waals surface area contributed by atoms with Crippen molar-refractivity contribution >= 4 is 23.8 Å². The number of benzene rings is 1. The van der Waals surface area contributed by atoms with Gasteiger partial charge in [0.2, 0.25) is 0 Å². The molecule has 2 rings (SSSR count). The molecule has 1 fully saturated rings. The van der Waals surface area contributed by atoms with Gasteiger partial charge in [-0.25, -0.2) is 4.79 Å². The number of amides is 2. The van der Waals surface area contributed by atoms with E-state index in [2.05, 4.69) is 17.2 Å². The number of rotatable bonds is 8. The summed E-state index contributed by atoms with van der Waals surface area (Å²) in [5, 5.41) is 5.32. The molecule has 2 N–H and O–H groups in total. The van der Waals surface area contributed by atoms with E-state index in [1.54, 1.807) is 37.1 Å². The second kappa shape index (κ2) is 9.38. The Bertz CT molecular complexity index is 680. The lowest BCUT2D eigenvalue weighted by atomic mass is 9.88. The molecule has 0 aliphatic carbocycles. The van der Waals surface area contributed by atoms with Gasteiger partial charge in [-0.3, -0.25) is 4.79 Å². The largest absolute Gasteiger partial charge is 0.497 e. The molecule has 0 unspecified atom stereocenters. The Labute approximate surface area is 157 Å². The molecule has 0 spiro atoms. The van der Waals surface area contributed by atoms with Crippen LogP contribution in [-0.2, 0) is 9.53 Å². The van der Waals surface area contributed by atoms with E-state index in [1.165, 1.54) is 7.11 Å². The van der Waals surface area contributed by atoms with Crippen molar-refractivity contribution in [1.29, 1.82) is 0 Å². The van der Waals surface area contributed by atoms with Gasteiger partial charge in [-0.2, -0.15) is 11.8 Å². The van der Waals surface area contributed by atoms with Crippen LogP contribution in [0.3, 0.4) is 0 Å². The molecule has 8 heteroatoms. The fourth-order valence-corrected chi connectivity index (χ4v) is 3.23. The monoisotopic (exact) mass is 380 g/mol. The van der Waals surface area contributed by atoms with Crippen molar-refractivity contribution in [3.8, 4) is 11.5 Å². The molecule has 1 aliphatic rings. The van der Waals surface area contributed by atoms with Gasteiger partial charge >= 0.3 is 12.0 Å². The number of carbonyl (C=O) groups is 2. The van der Waals surface area contributed by atoms with Crippen LogP contribution in [0.25, 0.3) is 0 Å². The first-order valence-electron chi connectivity index (χ1n) is 8.24. The molecular weight excluding hydrogens is 356 g/mol. The van der Waals surface area contributed by atoms with Gasteiger partial charge in [0, 0.05) is 17.0 Å². The van der Waals surface area contributed by atoms with Crippen molar-refractivity contribution in [2.45, 2.75) is 13.0 Å². The van der Waals surface area contributed by atoms with Gasteiger partial charge in [0.1, 0.15) is 24.0 Å². The predicted octanol–water partition coefficient (Wildman–Crippen LogP) is 2.48. The molecule has 1 aromatic rings. The standard InChI is InChI=1S/C18H24N2O5S/c1-5-26-9-8-25-17(21)15-11(2)19-18(22)20-16(15)13-10-12(23-3)6-7-14(13)24-4/h6-7,10,15-16H,2,5,8-9H2,1,3-4H3,(H2,19,20,22)/t15-,16+/m1/s1. The minimum atomic E-state index is -0.777. The average molecular weight is 380 g/mol. The van der Waals surface area contributed by atoms with E-state index in [9.17, 15) is 9.59 Å². The van der Waals surface area contributed by atoms with Crippen molar-refractivity contribution < 1.29 is 23.8 Å². The molecule has 7 nitrogen and oxygen atoms in total. The van der Waals surface area contributed by atoms with Crippen LogP contribution in [0.4, 0.5) is 4.79 Å². The van der Waals surface area contributed by atoms with Crippen LogP contribution >= 0.6 is 11.8 Å². The number of methoxy groups -OCH3 is 2. The van der Waals surface area contributed by atoms with Crippen molar-refractivity contribution in [1.82, 2.24) is 10.6 Å². The molecule has 2 atom stereocenters. The molecule has 26 heavy (non-hydrogen) atoms. The summed E-state index contributed by atoms with van der Waals surface area (Å²) in [6, 6.07) is 4.10. The molecule has 0 aromatic heterocycles. The summed E-state index contributed by atoms with van der Waals surface area (Å²) in [7, 11) is 3.07. The van der Waals surface area contributed by atoms with E-state index >= 15 is 0 Å². The third-order valence-electron chi connectivity index (χ3n) is 3.97. The average Bonchev–Trinajstić information content (AvgIpc) is 2.63. The fraction of sp³-hybridized carbons (Fsp3) is 0.444. The van der Waals surface area contributed by atoms with Crippen LogP contribution in [0.1, 0.15) is 18.5 Å². The zero-order valence-corrected chi connectivity index (χ0v) is 16.0. The maximum atomic E-state index is 12.7. The van der Waals surface area contributed by atoms with E-state index in [0.29, 0.717) is 29.4 Å². The number of thioether (sulfide) groups is 1. The number of carbonyl (C=O) groups excluding carboxylic acids is 2. The van der Waals surface area contributed by atoms with Gasteiger partial charge in [-0.1, -0.05) is 13.5 Å². The zero-order valence-electron chi connectivity index (χ0n) is 15.2. The molecule has 0 bridgehead atoms. The minimum Gasteiger partial charge on any atom is -0.497 e. The lowest BCUT2D eigenvalue weighted by Crippen LogP contribution is -2.51. The third kappa shape index (κ3) is 4.63. The van der Waals surface area contributed by atoms with Crippen molar-refractivity contribution in [2.75, 3.05) is 32.3 Å². The lowest BCUT2D eigenvalue weighted by Gasteiger charge is -2.34. The highest BCUT2D eigenvalue weighted by Crippen LogP contribution is 2.37. The summed E-state index contributed by atoms with van der Waals surface area (Å²) in [5.74, 6) is 1.56. The van der Waals surface area contributed by atoms with Crippen molar-refractivity contribution in [2.24, 2.45) is 5.92 Å². The highest BCUT2D eigenvalue weighted by Gasteiger charge is 2.40. The number of ether oxygens (including phenoxy) is 3. The molecular formula is C18H24N2O5S. The number of hydrogen-bond acceptors (Lipinski definition) is 6. The van der Waals surface area contributed by atoms with Gasteiger partial charge in [0.05, 0.1) is 20.3 Å². The van der Waals surface area contributed by atoms with E-state index in [-0.39, 0.29) is 5.70 Å². The van der Waals surface area contributed by atoms with Gasteiger partial charge in [-0.15, -0.1) is 0 Å². The van der Waals surface area contributed by atoms with Gasteiger partial charge in [0.25, 0.3) is 0 Å². The first-order chi connectivity index (χ1) is 12.5. The summed E-state index contributed by atoms with van der Waals surface area (Å²) in [6.45, 7) is 6.18.